The Hall–Kier alpha value is -1.71. The van der Waals surface area contributed by atoms with Gasteiger partial charge in [-0.15, -0.1) is 0 Å². The molecule has 0 unspecified atom stereocenters. The van der Waals surface area contributed by atoms with E-state index in [1.165, 1.54) is 19.3 Å². The molecule has 0 bridgehead atoms. The van der Waals surface area contributed by atoms with Crippen molar-refractivity contribution in [3.8, 4) is 5.75 Å². The highest BCUT2D eigenvalue weighted by atomic mass is 16.5. The normalized spacial score (nSPS) is 16.1. The monoisotopic (exact) mass is 262 g/mol. The molecule has 1 aromatic rings. The molecular formula is C15H22N2O2. The number of rotatable bonds is 4. The molecule has 1 amide bonds. The van der Waals surface area contributed by atoms with E-state index in [0.717, 1.165) is 18.4 Å². The molecule has 1 saturated carbocycles. The summed E-state index contributed by atoms with van der Waals surface area (Å²) in [6.45, 7) is 1.95. The number of carbonyl (C=O) groups is 1. The van der Waals surface area contributed by atoms with E-state index >= 15 is 0 Å². The fourth-order valence-corrected chi connectivity index (χ4v) is 2.44. The molecular weight excluding hydrogens is 240 g/mol. The molecule has 0 saturated heterocycles. The van der Waals surface area contributed by atoms with E-state index in [-0.39, 0.29) is 12.5 Å². The molecule has 4 heteroatoms. The number of benzene rings is 1. The summed E-state index contributed by atoms with van der Waals surface area (Å²) in [5.74, 6) is 0.520. The Labute approximate surface area is 114 Å². The summed E-state index contributed by atoms with van der Waals surface area (Å²) in [6, 6.07) is 5.90. The maximum atomic E-state index is 11.8. The van der Waals surface area contributed by atoms with Crippen LogP contribution in [0, 0.1) is 6.92 Å². The van der Waals surface area contributed by atoms with E-state index in [4.69, 9.17) is 10.5 Å². The van der Waals surface area contributed by atoms with E-state index in [2.05, 4.69) is 5.32 Å². The zero-order valence-electron chi connectivity index (χ0n) is 11.4. The molecule has 2 rings (SSSR count). The van der Waals surface area contributed by atoms with Crippen molar-refractivity contribution in [2.24, 2.45) is 0 Å². The molecule has 0 aliphatic heterocycles. The van der Waals surface area contributed by atoms with Crippen LogP contribution in [-0.4, -0.2) is 18.6 Å². The van der Waals surface area contributed by atoms with Crippen LogP contribution >= 0.6 is 0 Å². The number of nitrogen functional groups attached to an aromatic ring is 1. The highest BCUT2D eigenvalue weighted by molar-refractivity contribution is 5.78. The lowest BCUT2D eigenvalue weighted by atomic mass is 9.95. The van der Waals surface area contributed by atoms with Gasteiger partial charge in [-0.3, -0.25) is 4.79 Å². The van der Waals surface area contributed by atoms with Crippen molar-refractivity contribution in [2.45, 2.75) is 45.1 Å². The van der Waals surface area contributed by atoms with E-state index in [9.17, 15) is 4.79 Å². The average Bonchev–Trinajstić information content (AvgIpc) is 2.42. The summed E-state index contributed by atoms with van der Waals surface area (Å²) in [6.07, 6.45) is 5.85. The minimum Gasteiger partial charge on any atom is -0.482 e. The molecule has 104 valence electrons. The largest absolute Gasteiger partial charge is 0.482 e. The molecule has 1 aliphatic rings. The first-order valence-corrected chi connectivity index (χ1v) is 6.94. The Morgan fingerprint density at radius 3 is 2.84 bits per heavy atom. The number of carbonyl (C=O) groups excluding carboxylic acids is 1. The molecule has 0 radical (unpaired) electrons. The Morgan fingerprint density at radius 1 is 1.37 bits per heavy atom. The van der Waals surface area contributed by atoms with Crippen LogP contribution in [0.3, 0.4) is 0 Å². The SMILES string of the molecule is Cc1cccc(OCC(=O)NC2CCCCC2)c1N. The lowest BCUT2D eigenvalue weighted by Crippen LogP contribution is -2.39. The minimum atomic E-state index is -0.0622. The van der Waals surface area contributed by atoms with Crippen LogP contribution in [0.25, 0.3) is 0 Å². The van der Waals surface area contributed by atoms with Crippen LogP contribution < -0.4 is 15.8 Å². The third-order valence-corrected chi connectivity index (χ3v) is 3.61. The van der Waals surface area contributed by atoms with Crippen molar-refractivity contribution in [3.63, 3.8) is 0 Å². The molecule has 0 atom stereocenters. The quantitative estimate of drug-likeness (QED) is 0.819. The zero-order chi connectivity index (χ0) is 13.7. The Kier molecular flexibility index (Phi) is 4.66. The summed E-state index contributed by atoms with van der Waals surface area (Å²) in [5.41, 5.74) is 7.46. The molecule has 19 heavy (non-hydrogen) atoms. The maximum Gasteiger partial charge on any atom is 0.258 e. The number of anilines is 1. The second kappa shape index (κ2) is 6.45. The van der Waals surface area contributed by atoms with Gasteiger partial charge in [0, 0.05) is 6.04 Å². The van der Waals surface area contributed by atoms with Crippen LogP contribution in [-0.2, 0) is 4.79 Å². The summed E-state index contributed by atoms with van der Waals surface area (Å²) in [4.78, 5) is 11.8. The number of amides is 1. The first-order valence-electron chi connectivity index (χ1n) is 6.94. The molecule has 0 heterocycles. The number of hydrogen-bond acceptors (Lipinski definition) is 3. The third kappa shape index (κ3) is 3.88. The van der Waals surface area contributed by atoms with Gasteiger partial charge in [0.2, 0.25) is 0 Å². The summed E-state index contributed by atoms with van der Waals surface area (Å²) >= 11 is 0. The molecule has 3 N–H and O–H groups in total. The summed E-state index contributed by atoms with van der Waals surface area (Å²) in [7, 11) is 0. The van der Waals surface area contributed by atoms with Crippen molar-refractivity contribution in [2.75, 3.05) is 12.3 Å². The second-order valence-corrected chi connectivity index (χ2v) is 5.18. The molecule has 1 aliphatic carbocycles. The topological polar surface area (TPSA) is 64.3 Å². The van der Waals surface area contributed by atoms with Gasteiger partial charge in [-0.25, -0.2) is 0 Å². The van der Waals surface area contributed by atoms with Gasteiger partial charge in [0.15, 0.2) is 6.61 Å². The predicted octanol–water partition coefficient (Wildman–Crippen LogP) is 2.40. The van der Waals surface area contributed by atoms with Gasteiger partial charge in [-0.2, -0.15) is 0 Å². The van der Waals surface area contributed by atoms with Gasteiger partial charge in [0.25, 0.3) is 5.91 Å². The fraction of sp³-hybridized carbons (Fsp3) is 0.533. The number of aryl methyl sites for hydroxylation is 1. The minimum absolute atomic E-state index is 0.0319. The van der Waals surface area contributed by atoms with E-state index < -0.39 is 0 Å². The Morgan fingerprint density at radius 2 is 2.11 bits per heavy atom. The van der Waals surface area contributed by atoms with Crippen molar-refractivity contribution in [1.29, 1.82) is 0 Å². The first kappa shape index (κ1) is 13.7. The van der Waals surface area contributed by atoms with Crippen LogP contribution in [0.4, 0.5) is 5.69 Å². The Bertz CT molecular complexity index is 440. The first-order chi connectivity index (χ1) is 9.16. The van der Waals surface area contributed by atoms with Crippen molar-refractivity contribution < 1.29 is 9.53 Å². The standard InChI is InChI=1S/C15H22N2O2/c1-11-6-5-9-13(15(11)16)19-10-14(18)17-12-7-3-2-4-8-12/h5-6,9,12H,2-4,7-8,10,16H2,1H3,(H,17,18). The summed E-state index contributed by atoms with van der Waals surface area (Å²) < 4.78 is 5.48. The van der Waals surface area contributed by atoms with Gasteiger partial charge in [0.1, 0.15) is 5.75 Å². The predicted molar refractivity (Wildman–Crippen MR) is 76.1 cm³/mol. The van der Waals surface area contributed by atoms with E-state index in [1.54, 1.807) is 6.07 Å². The van der Waals surface area contributed by atoms with Gasteiger partial charge in [-0.1, -0.05) is 31.4 Å². The highest BCUT2D eigenvalue weighted by Crippen LogP contribution is 2.24. The highest BCUT2D eigenvalue weighted by Gasteiger charge is 2.16. The molecule has 0 spiro atoms. The van der Waals surface area contributed by atoms with Gasteiger partial charge < -0.3 is 15.8 Å². The number of nitrogens with two attached hydrogens (primary N) is 1. The number of hydrogen-bond donors (Lipinski definition) is 2. The van der Waals surface area contributed by atoms with Crippen LogP contribution in [0.15, 0.2) is 18.2 Å². The number of para-hydroxylation sites is 1. The van der Waals surface area contributed by atoms with Crippen LogP contribution in [0.5, 0.6) is 5.75 Å². The maximum absolute atomic E-state index is 11.8. The van der Waals surface area contributed by atoms with Crippen molar-refractivity contribution in [3.05, 3.63) is 23.8 Å². The number of ether oxygens (including phenoxy) is 1. The molecule has 0 aromatic heterocycles. The lowest BCUT2D eigenvalue weighted by Gasteiger charge is -2.22. The van der Waals surface area contributed by atoms with Crippen LogP contribution in [0.2, 0.25) is 0 Å². The summed E-state index contributed by atoms with van der Waals surface area (Å²) in [5, 5.41) is 3.02. The smallest absolute Gasteiger partial charge is 0.258 e. The molecule has 1 fully saturated rings. The zero-order valence-corrected chi connectivity index (χ0v) is 11.4. The van der Waals surface area contributed by atoms with E-state index in [1.807, 2.05) is 19.1 Å². The Balaban J connectivity index is 1.81. The van der Waals surface area contributed by atoms with E-state index in [0.29, 0.717) is 17.5 Å². The van der Waals surface area contributed by atoms with Gasteiger partial charge in [-0.05, 0) is 31.4 Å². The molecule has 4 nitrogen and oxygen atoms in total. The van der Waals surface area contributed by atoms with Crippen molar-refractivity contribution >= 4 is 11.6 Å². The van der Waals surface area contributed by atoms with Gasteiger partial charge in [0.05, 0.1) is 5.69 Å². The third-order valence-electron chi connectivity index (χ3n) is 3.61. The lowest BCUT2D eigenvalue weighted by molar-refractivity contribution is -0.124. The van der Waals surface area contributed by atoms with Crippen molar-refractivity contribution in [1.82, 2.24) is 5.32 Å². The fourth-order valence-electron chi connectivity index (χ4n) is 2.44. The number of nitrogens with one attached hydrogen (secondary N) is 1. The molecule has 1 aromatic carbocycles. The average molecular weight is 262 g/mol. The van der Waals surface area contributed by atoms with Crippen LogP contribution in [0.1, 0.15) is 37.7 Å². The van der Waals surface area contributed by atoms with Gasteiger partial charge >= 0.3 is 0 Å². The second-order valence-electron chi connectivity index (χ2n) is 5.18.